The van der Waals surface area contributed by atoms with Crippen molar-refractivity contribution in [1.29, 1.82) is 0 Å². The molecule has 4 aromatic rings. The van der Waals surface area contributed by atoms with Crippen LogP contribution in [0.25, 0.3) is 21.0 Å². The molecule has 0 radical (unpaired) electrons. The molecular formula is C20H14F3N3O4S2. The average molecular weight is 481 g/mol. The summed E-state index contributed by atoms with van der Waals surface area (Å²) in [5, 5.41) is 3.16. The van der Waals surface area contributed by atoms with E-state index in [9.17, 15) is 26.4 Å². The Morgan fingerprint density at radius 2 is 1.75 bits per heavy atom. The van der Waals surface area contributed by atoms with Gasteiger partial charge in [0.2, 0.25) is 10.0 Å². The summed E-state index contributed by atoms with van der Waals surface area (Å²) in [7, 11) is -4.34. The van der Waals surface area contributed by atoms with Crippen LogP contribution in [0.4, 0.5) is 18.9 Å². The molecule has 0 fully saturated rings. The van der Waals surface area contributed by atoms with Gasteiger partial charge in [-0.1, -0.05) is 12.1 Å². The van der Waals surface area contributed by atoms with Crippen LogP contribution in [0.15, 0.2) is 70.0 Å². The van der Waals surface area contributed by atoms with Gasteiger partial charge >= 0.3 is 6.18 Å². The fraction of sp³-hybridized carbons (Fsp3) is 0.100. The van der Waals surface area contributed by atoms with Crippen LogP contribution < -0.4 is 10.0 Å². The number of hydrogen-bond donors (Lipinski definition) is 2. The van der Waals surface area contributed by atoms with E-state index in [0.29, 0.717) is 10.8 Å². The number of rotatable bonds is 6. The summed E-state index contributed by atoms with van der Waals surface area (Å²) in [5.41, 5.74) is 1.05. The van der Waals surface area contributed by atoms with Crippen LogP contribution in [0.2, 0.25) is 0 Å². The lowest BCUT2D eigenvalue weighted by molar-refractivity contribution is -0.121. The molecule has 7 nitrogen and oxygen atoms in total. The Bertz CT molecular complexity index is 1340. The molecule has 0 aliphatic heterocycles. The largest absolute Gasteiger partial charge is 0.448 e. The van der Waals surface area contributed by atoms with E-state index in [4.69, 9.17) is 4.42 Å². The van der Waals surface area contributed by atoms with Crippen molar-refractivity contribution in [3.8, 4) is 10.8 Å². The van der Waals surface area contributed by atoms with E-state index in [1.165, 1.54) is 34.3 Å². The van der Waals surface area contributed by atoms with E-state index in [0.717, 1.165) is 22.3 Å². The average Bonchev–Trinajstić information content (AvgIpc) is 3.39. The Balaban J connectivity index is 1.44. The Labute approximate surface area is 183 Å². The number of para-hydroxylation sites is 1. The number of thiazole rings is 1. The Hall–Kier alpha value is -3.22. The second-order valence-corrected chi connectivity index (χ2v) is 9.37. The second kappa shape index (κ2) is 8.37. The minimum Gasteiger partial charge on any atom is -0.448 e. The maximum atomic E-state index is 12.4. The number of furan rings is 1. The number of nitrogens with one attached hydrogen (secondary N) is 2. The number of carbonyl (C=O) groups is 1. The fourth-order valence-electron chi connectivity index (χ4n) is 2.72. The zero-order valence-corrected chi connectivity index (χ0v) is 17.6. The number of amides is 1. The van der Waals surface area contributed by atoms with Crippen molar-refractivity contribution in [3.63, 3.8) is 0 Å². The van der Waals surface area contributed by atoms with Crippen LogP contribution >= 0.6 is 11.3 Å². The molecule has 0 aliphatic carbocycles. The zero-order chi connectivity index (χ0) is 22.9. The minimum absolute atomic E-state index is 0.0165. The lowest BCUT2D eigenvalue weighted by Crippen LogP contribution is -2.33. The third kappa shape index (κ3) is 4.98. The Kier molecular flexibility index (Phi) is 5.75. The lowest BCUT2D eigenvalue weighted by Gasteiger charge is -2.10. The van der Waals surface area contributed by atoms with Gasteiger partial charge in [-0.05, 0) is 48.5 Å². The van der Waals surface area contributed by atoms with Crippen molar-refractivity contribution in [1.82, 2.24) is 9.71 Å². The van der Waals surface area contributed by atoms with E-state index >= 15 is 0 Å². The standard InChI is InChI=1S/C20H14F3N3O4S2/c21-20(22,23)11-24-32(28,29)13-7-5-12(6-8-13)25-18(27)15-9-10-16(30-15)19-26-14-3-1-2-4-17(14)31-19/h1-10,24H,11H2,(H,25,27). The number of nitrogens with zero attached hydrogens (tertiary/aromatic N) is 1. The summed E-state index contributed by atoms with van der Waals surface area (Å²) < 4.78 is 68.6. The Morgan fingerprint density at radius 3 is 2.44 bits per heavy atom. The topological polar surface area (TPSA) is 101 Å². The predicted octanol–water partition coefficient (Wildman–Crippen LogP) is 4.65. The van der Waals surface area contributed by atoms with Gasteiger partial charge < -0.3 is 9.73 Å². The van der Waals surface area contributed by atoms with Gasteiger partial charge in [-0.15, -0.1) is 11.3 Å². The first kappa shape index (κ1) is 22.0. The monoisotopic (exact) mass is 481 g/mol. The molecule has 2 aromatic heterocycles. The molecule has 0 spiro atoms. The molecule has 0 atom stereocenters. The van der Waals surface area contributed by atoms with E-state index in [2.05, 4.69) is 10.3 Å². The smallest absolute Gasteiger partial charge is 0.402 e. The number of aromatic nitrogens is 1. The van der Waals surface area contributed by atoms with Gasteiger partial charge in [-0.3, -0.25) is 4.79 Å². The quantitative estimate of drug-likeness (QED) is 0.418. The van der Waals surface area contributed by atoms with Crippen LogP contribution in [0, 0.1) is 0 Å². The maximum absolute atomic E-state index is 12.4. The van der Waals surface area contributed by atoms with E-state index < -0.39 is 28.7 Å². The summed E-state index contributed by atoms with van der Waals surface area (Å²) in [5.74, 6) is -0.139. The van der Waals surface area contributed by atoms with E-state index in [1.54, 1.807) is 6.07 Å². The van der Waals surface area contributed by atoms with Crippen molar-refractivity contribution in [2.45, 2.75) is 11.1 Å². The highest BCUT2D eigenvalue weighted by molar-refractivity contribution is 7.89. The molecule has 0 saturated carbocycles. The summed E-state index contributed by atoms with van der Waals surface area (Å²) in [6.07, 6.45) is -4.67. The number of sulfonamides is 1. The van der Waals surface area contributed by atoms with E-state index in [1.807, 2.05) is 24.3 Å². The number of halogens is 3. The van der Waals surface area contributed by atoms with Gasteiger partial charge in [0.25, 0.3) is 5.91 Å². The number of carbonyl (C=O) groups excluding carboxylic acids is 1. The Morgan fingerprint density at radius 1 is 1.03 bits per heavy atom. The first-order valence-electron chi connectivity index (χ1n) is 9.04. The normalized spacial score (nSPS) is 12.2. The summed E-state index contributed by atoms with van der Waals surface area (Å²) in [6, 6.07) is 15.4. The molecule has 0 bridgehead atoms. The zero-order valence-electron chi connectivity index (χ0n) is 16.0. The van der Waals surface area contributed by atoms with Gasteiger partial charge in [0, 0.05) is 5.69 Å². The second-order valence-electron chi connectivity index (χ2n) is 6.57. The summed E-state index contributed by atoms with van der Waals surface area (Å²) in [4.78, 5) is 16.5. The molecule has 2 N–H and O–H groups in total. The molecule has 166 valence electrons. The van der Waals surface area contributed by atoms with Gasteiger partial charge in [-0.25, -0.2) is 18.1 Å². The van der Waals surface area contributed by atoms with Gasteiger partial charge in [0.05, 0.1) is 15.1 Å². The molecule has 2 heterocycles. The number of hydrogen-bond acceptors (Lipinski definition) is 6. The molecule has 0 unspecified atom stereocenters. The van der Waals surface area contributed by atoms with Crippen molar-refractivity contribution < 1.29 is 30.8 Å². The van der Waals surface area contributed by atoms with Gasteiger partial charge in [-0.2, -0.15) is 13.2 Å². The number of fused-ring (bicyclic) bond motifs is 1. The first-order chi connectivity index (χ1) is 15.1. The van der Waals surface area contributed by atoms with Crippen LogP contribution in [-0.4, -0.2) is 32.0 Å². The van der Waals surface area contributed by atoms with Crippen molar-refractivity contribution in [2.24, 2.45) is 0 Å². The highest BCUT2D eigenvalue weighted by Crippen LogP contribution is 2.31. The van der Waals surface area contributed by atoms with Gasteiger partial charge in [0.1, 0.15) is 6.54 Å². The molecule has 0 aliphatic rings. The molecule has 0 saturated heterocycles. The first-order valence-corrected chi connectivity index (χ1v) is 11.3. The minimum atomic E-state index is -4.67. The van der Waals surface area contributed by atoms with Gasteiger partial charge in [0.15, 0.2) is 16.5 Å². The van der Waals surface area contributed by atoms with Crippen LogP contribution in [0.1, 0.15) is 10.6 Å². The van der Waals surface area contributed by atoms with Crippen LogP contribution in [0.3, 0.4) is 0 Å². The third-order valence-corrected chi connectivity index (χ3v) is 6.69. The fourth-order valence-corrected chi connectivity index (χ4v) is 4.66. The summed E-state index contributed by atoms with van der Waals surface area (Å²) >= 11 is 1.42. The number of benzene rings is 2. The maximum Gasteiger partial charge on any atom is 0.402 e. The molecule has 4 rings (SSSR count). The van der Waals surface area contributed by atoms with E-state index in [-0.39, 0.29) is 16.3 Å². The van der Waals surface area contributed by atoms with Crippen molar-refractivity contribution >= 4 is 43.2 Å². The molecular weight excluding hydrogens is 467 g/mol. The van der Waals surface area contributed by atoms with Crippen molar-refractivity contribution in [2.75, 3.05) is 11.9 Å². The summed E-state index contributed by atoms with van der Waals surface area (Å²) in [6.45, 7) is -1.68. The number of anilines is 1. The highest BCUT2D eigenvalue weighted by atomic mass is 32.2. The third-order valence-electron chi connectivity index (χ3n) is 4.22. The predicted molar refractivity (Wildman–Crippen MR) is 113 cm³/mol. The highest BCUT2D eigenvalue weighted by Gasteiger charge is 2.30. The van der Waals surface area contributed by atoms with Crippen molar-refractivity contribution in [3.05, 3.63) is 66.4 Å². The van der Waals surface area contributed by atoms with Crippen LogP contribution in [0.5, 0.6) is 0 Å². The molecule has 12 heteroatoms. The molecule has 32 heavy (non-hydrogen) atoms. The number of alkyl halides is 3. The lowest BCUT2D eigenvalue weighted by atomic mass is 10.3. The van der Waals surface area contributed by atoms with Crippen LogP contribution in [-0.2, 0) is 10.0 Å². The molecule has 2 aromatic carbocycles. The molecule has 1 amide bonds. The SMILES string of the molecule is O=C(Nc1ccc(S(=O)(=O)NCC(F)(F)F)cc1)c1ccc(-c2nc3ccccc3s2)o1.